The molecule has 4 atom stereocenters. The van der Waals surface area contributed by atoms with Gasteiger partial charge in [0.1, 0.15) is 0 Å². The summed E-state index contributed by atoms with van der Waals surface area (Å²) in [5, 5.41) is 10.4. The number of amides is 1. The summed E-state index contributed by atoms with van der Waals surface area (Å²) in [6.07, 6.45) is 1.87. The summed E-state index contributed by atoms with van der Waals surface area (Å²) in [5.41, 5.74) is 1.79. The monoisotopic (exact) mass is 566 g/mol. The second-order valence-corrected chi connectivity index (χ2v) is 13.3. The largest absolute Gasteiger partial charge is 0.481 e. The molecule has 1 saturated carbocycles. The highest BCUT2D eigenvalue weighted by atomic mass is 35.5. The van der Waals surface area contributed by atoms with Crippen molar-refractivity contribution in [1.82, 2.24) is 9.21 Å². The van der Waals surface area contributed by atoms with Gasteiger partial charge in [-0.1, -0.05) is 47.5 Å². The fourth-order valence-electron chi connectivity index (χ4n) is 5.31. The standard InChI is InChI=1S/C27H32Cl2N2O5S/c1-17(12-13-30(2)37(35,36)23-10-11-23)31-26(18-6-8-21(28)9-7-18)24(19-4-3-5-22(29)14-19)15-20(27(31)34)16-25(32)33/h3-9,14,17,20,23-24,26H,10-13,15-16H2,1-2H3,(H,32,33). The highest BCUT2D eigenvalue weighted by Crippen LogP contribution is 2.47. The summed E-state index contributed by atoms with van der Waals surface area (Å²) in [6.45, 7) is 2.17. The van der Waals surface area contributed by atoms with E-state index in [0.29, 0.717) is 35.7 Å². The van der Waals surface area contributed by atoms with Crippen LogP contribution in [0.1, 0.15) is 62.1 Å². The summed E-state index contributed by atoms with van der Waals surface area (Å²) in [4.78, 5) is 27.3. The minimum absolute atomic E-state index is 0.211. The third-order valence-corrected chi connectivity index (χ3v) is 10.3. The van der Waals surface area contributed by atoms with Crippen molar-refractivity contribution in [2.45, 2.75) is 62.3 Å². The third-order valence-electron chi connectivity index (χ3n) is 7.45. The highest BCUT2D eigenvalue weighted by Gasteiger charge is 2.46. The fourth-order valence-corrected chi connectivity index (χ4v) is 7.24. The van der Waals surface area contributed by atoms with Crippen LogP contribution in [-0.4, -0.2) is 59.5 Å². The van der Waals surface area contributed by atoms with Gasteiger partial charge in [0, 0.05) is 41.5 Å². The molecule has 1 saturated heterocycles. The number of nitrogens with zero attached hydrogens (tertiary/aromatic N) is 2. The van der Waals surface area contributed by atoms with Crippen LogP contribution in [0.4, 0.5) is 0 Å². The van der Waals surface area contributed by atoms with Crippen molar-refractivity contribution in [3.63, 3.8) is 0 Å². The summed E-state index contributed by atoms with van der Waals surface area (Å²) < 4.78 is 26.7. The number of likely N-dealkylation sites (tertiary alicyclic amines) is 1. The first kappa shape index (κ1) is 27.9. The molecule has 7 nitrogen and oxygen atoms in total. The number of halogens is 2. The van der Waals surface area contributed by atoms with Crippen molar-refractivity contribution in [3.05, 3.63) is 69.7 Å². The van der Waals surface area contributed by atoms with Gasteiger partial charge in [-0.25, -0.2) is 12.7 Å². The van der Waals surface area contributed by atoms with Crippen molar-refractivity contribution in [2.75, 3.05) is 13.6 Å². The zero-order valence-electron chi connectivity index (χ0n) is 20.9. The summed E-state index contributed by atoms with van der Waals surface area (Å²) in [7, 11) is -1.76. The average Bonchev–Trinajstić information content (AvgIpc) is 3.70. The lowest BCUT2D eigenvalue weighted by Crippen LogP contribution is -2.52. The van der Waals surface area contributed by atoms with E-state index in [1.165, 1.54) is 4.31 Å². The molecule has 4 rings (SSSR count). The first-order chi connectivity index (χ1) is 17.5. The van der Waals surface area contributed by atoms with Gasteiger partial charge in [0.05, 0.1) is 17.7 Å². The molecular formula is C27H32Cl2N2O5S. The molecular weight excluding hydrogens is 535 g/mol. The van der Waals surface area contributed by atoms with Crippen LogP contribution >= 0.6 is 23.2 Å². The van der Waals surface area contributed by atoms with Crippen LogP contribution in [-0.2, 0) is 19.6 Å². The van der Waals surface area contributed by atoms with Crippen LogP contribution in [0.5, 0.6) is 0 Å². The molecule has 37 heavy (non-hydrogen) atoms. The third kappa shape index (κ3) is 6.30. The molecule has 0 radical (unpaired) electrons. The Morgan fingerprint density at radius 1 is 1.11 bits per heavy atom. The van der Waals surface area contributed by atoms with Crippen molar-refractivity contribution in [2.24, 2.45) is 5.92 Å². The van der Waals surface area contributed by atoms with Crippen LogP contribution < -0.4 is 0 Å². The number of aliphatic carboxylic acids is 1. The predicted molar refractivity (Wildman–Crippen MR) is 144 cm³/mol. The Labute approximate surface area is 228 Å². The number of carbonyl (C=O) groups is 2. The first-order valence-corrected chi connectivity index (χ1v) is 14.7. The van der Waals surface area contributed by atoms with Gasteiger partial charge in [0.15, 0.2) is 0 Å². The number of rotatable bonds is 10. The molecule has 2 aromatic rings. The van der Waals surface area contributed by atoms with Crippen LogP contribution in [0.15, 0.2) is 48.5 Å². The lowest BCUT2D eigenvalue weighted by molar-refractivity contribution is -0.152. The van der Waals surface area contributed by atoms with Gasteiger partial charge in [0.2, 0.25) is 15.9 Å². The molecule has 2 aromatic carbocycles. The lowest BCUT2D eigenvalue weighted by Gasteiger charge is -2.48. The maximum Gasteiger partial charge on any atom is 0.304 e. The average molecular weight is 568 g/mol. The summed E-state index contributed by atoms with van der Waals surface area (Å²) in [5.74, 6) is -2.19. The predicted octanol–water partition coefficient (Wildman–Crippen LogP) is 5.34. The van der Waals surface area contributed by atoms with Gasteiger partial charge in [-0.2, -0.15) is 0 Å². The van der Waals surface area contributed by atoms with Crippen LogP contribution in [0.2, 0.25) is 10.0 Å². The Morgan fingerprint density at radius 3 is 2.38 bits per heavy atom. The van der Waals surface area contributed by atoms with E-state index >= 15 is 0 Å². The molecule has 1 aliphatic heterocycles. The molecule has 0 bridgehead atoms. The van der Waals surface area contributed by atoms with Crippen LogP contribution in [0.3, 0.4) is 0 Å². The Bertz CT molecular complexity index is 1250. The molecule has 200 valence electrons. The molecule has 10 heteroatoms. The SMILES string of the molecule is CC(CCN(C)S(=O)(=O)C1CC1)N1C(=O)C(CC(=O)O)CC(c2cccc(Cl)c2)C1c1ccc(Cl)cc1. The Hall–Kier alpha value is -2.13. The Balaban J connectivity index is 1.71. The topological polar surface area (TPSA) is 95.0 Å². The van der Waals surface area contributed by atoms with Gasteiger partial charge >= 0.3 is 5.97 Å². The zero-order chi connectivity index (χ0) is 26.9. The van der Waals surface area contributed by atoms with Crippen molar-refractivity contribution < 1.29 is 23.1 Å². The van der Waals surface area contributed by atoms with E-state index in [0.717, 1.165) is 11.1 Å². The van der Waals surface area contributed by atoms with E-state index in [9.17, 15) is 23.1 Å². The number of hydrogen-bond acceptors (Lipinski definition) is 4. The number of benzene rings is 2. The van der Waals surface area contributed by atoms with Crippen molar-refractivity contribution >= 4 is 45.1 Å². The molecule has 0 aromatic heterocycles. The number of carboxylic acids is 1. The highest BCUT2D eigenvalue weighted by molar-refractivity contribution is 7.90. The molecule has 4 unspecified atom stereocenters. The van der Waals surface area contributed by atoms with Crippen LogP contribution in [0.25, 0.3) is 0 Å². The normalized spacial score (nSPS) is 23.3. The van der Waals surface area contributed by atoms with E-state index < -0.39 is 28.0 Å². The Morgan fingerprint density at radius 2 is 1.78 bits per heavy atom. The van der Waals surface area contributed by atoms with Crippen molar-refractivity contribution in [1.29, 1.82) is 0 Å². The van der Waals surface area contributed by atoms with Gasteiger partial charge < -0.3 is 10.0 Å². The summed E-state index contributed by atoms with van der Waals surface area (Å²) >= 11 is 12.5. The molecule has 1 aliphatic carbocycles. The van der Waals surface area contributed by atoms with Crippen molar-refractivity contribution in [3.8, 4) is 0 Å². The van der Waals surface area contributed by atoms with E-state index in [1.807, 2.05) is 37.3 Å². The maximum atomic E-state index is 13.8. The first-order valence-electron chi connectivity index (χ1n) is 12.5. The van der Waals surface area contributed by atoms with Gasteiger partial charge in [-0.3, -0.25) is 9.59 Å². The number of carboxylic acid groups (broad SMARTS) is 1. The summed E-state index contributed by atoms with van der Waals surface area (Å²) in [6, 6.07) is 14.0. The minimum Gasteiger partial charge on any atom is -0.481 e. The molecule has 2 fully saturated rings. The lowest BCUT2D eigenvalue weighted by atomic mass is 9.74. The fraction of sp³-hybridized carbons (Fsp3) is 0.481. The van der Waals surface area contributed by atoms with Gasteiger partial charge in [0.25, 0.3) is 0 Å². The second-order valence-electron chi connectivity index (χ2n) is 10.1. The van der Waals surface area contributed by atoms with Crippen LogP contribution in [0, 0.1) is 5.92 Å². The van der Waals surface area contributed by atoms with Gasteiger partial charge in [-0.15, -0.1) is 0 Å². The van der Waals surface area contributed by atoms with E-state index in [-0.39, 0.29) is 36.1 Å². The smallest absolute Gasteiger partial charge is 0.304 e. The number of sulfonamides is 1. The quantitative estimate of drug-likeness (QED) is 0.418. The van der Waals surface area contributed by atoms with E-state index in [1.54, 1.807) is 30.1 Å². The molecule has 0 spiro atoms. The second kappa shape index (κ2) is 11.3. The maximum absolute atomic E-state index is 13.8. The number of piperidine rings is 1. The molecule has 1 heterocycles. The molecule has 2 aliphatic rings. The Kier molecular flexibility index (Phi) is 8.53. The number of carbonyl (C=O) groups excluding carboxylic acids is 1. The minimum atomic E-state index is -3.34. The number of hydrogen-bond donors (Lipinski definition) is 1. The van der Waals surface area contributed by atoms with E-state index in [4.69, 9.17) is 23.2 Å². The zero-order valence-corrected chi connectivity index (χ0v) is 23.2. The molecule has 1 amide bonds. The molecule has 1 N–H and O–H groups in total. The van der Waals surface area contributed by atoms with Gasteiger partial charge in [-0.05, 0) is 68.0 Å². The van der Waals surface area contributed by atoms with E-state index in [2.05, 4.69) is 0 Å².